The molecule has 14 heavy (non-hydrogen) atoms. The van der Waals surface area contributed by atoms with Gasteiger partial charge in [-0.2, -0.15) is 0 Å². The van der Waals surface area contributed by atoms with Crippen molar-refractivity contribution in [3.05, 3.63) is 35.4 Å². The summed E-state index contributed by atoms with van der Waals surface area (Å²) in [5.74, 6) is 2.69. The van der Waals surface area contributed by atoms with E-state index in [-0.39, 0.29) is 5.78 Å². The van der Waals surface area contributed by atoms with Crippen molar-refractivity contribution in [3.63, 3.8) is 0 Å². The second-order valence-electron chi connectivity index (χ2n) is 3.41. The molecule has 0 fully saturated rings. The summed E-state index contributed by atoms with van der Waals surface area (Å²) in [5, 5.41) is 0. The Balaban J connectivity index is 2.53. The Hall–Kier alpha value is -1.55. The molecule has 0 aromatic heterocycles. The van der Waals surface area contributed by atoms with Crippen LogP contribution in [0.15, 0.2) is 24.3 Å². The number of hydrogen-bond donors (Lipinski definition) is 0. The highest BCUT2D eigenvalue weighted by Gasteiger charge is 2.02. The molecule has 0 saturated heterocycles. The Morgan fingerprint density at radius 1 is 1.50 bits per heavy atom. The van der Waals surface area contributed by atoms with Crippen LogP contribution in [-0.4, -0.2) is 5.78 Å². The van der Waals surface area contributed by atoms with Gasteiger partial charge in [0.2, 0.25) is 0 Å². The lowest BCUT2D eigenvalue weighted by Gasteiger charge is -2.00. The number of carbonyl (C=O) groups is 1. The zero-order valence-electron chi connectivity index (χ0n) is 8.42. The summed E-state index contributed by atoms with van der Waals surface area (Å²) in [7, 11) is 0. The number of hydrogen-bond acceptors (Lipinski definition) is 1. The molecule has 0 unspecified atom stereocenters. The smallest absolute Gasteiger partial charge is 0.138 e. The van der Waals surface area contributed by atoms with Crippen LogP contribution in [0.25, 0.3) is 0 Å². The van der Waals surface area contributed by atoms with Gasteiger partial charge < -0.3 is 0 Å². The molecule has 1 aromatic carbocycles. The molecule has 1 aromatic rings. The molecule has 0 heterocycles. The first-order valence-electron chi connectivity index (χ1n) is 4.73. The zero-order valence-corrected chi connectivity index (χ0v) is 8.42. The first kappa shape index (κ1) is 10.5. The molecule has 1 heteroatoms. The quantitative estimate of drug-likeness (QED) is 0.660. The van der Waals surface area contributed by atoms with Gasteiger partial charge in [0.05, 0.1) is 0 Å². The number of rotatable bonds is 4. The van der Waals surface area contributed by atoms with Crippen LogP contribution >= 0.6 is 0 Å². The largest absolute Gasteiger partial charge is 0.299 e. The van der Waals surface area contributed by atoms with Crippen molar-refractivity contribution in [2.24, 2.45) is 0 Å². The van der Waals surface area contributed by atoms with Crippen LogP contribution in [0.3, 0.4) is 0 Å². The van der Waals surface area contributed by atoms with E-state index in [2.05, 4.69) is 5.92 Å². The Morgan fingerprint density at radius 2 is 2.29 bits per heavy atom. The van der Waals surface area contributed by atoms with E-state index < -0.39 is 0 Å². The zero-order chi connectivity index (χ0) is 10.4. The van der Waals surface area contributed by atoms with Gasteiger partial charge in [-0.05, 0) is 12.5 Å². The van der Waals surface area contributed by atoms with Crippen molar-refractivity contribution < 1.29 is 4.79 Å². The van der Waals surface area contributed by atoms with Gasteiger partial charge in [-0.25, -0.2) is 0 Å². The highest BCUT2D eigenvalue weighted by atomic mass is 16.1. The van der Waals surface area contributed by atoms with Crippen molar-refractivity contribution in [1.29, 1.82) is 0 Å². The molecule has 0 saturated carbocycles. The minimum absolute atomic E-state index is 0.216. The number of ketones is 1. The summed E-state index contributed by atoms with van der Waals surface area (Å²) in [6.45, 7) is 2.02. The Morgan fingerprint density at radius 3 is 2.93 bits per heavy atom. The normalized spacial score (nSPS) is 9.43. The summed E-state index contributed by atoms with van der Waals surface area (Å²) in [5.41, 5.74) is 2.26. The predicted octanol–water partition coefficient (Wildman–Crippen LogP) is 2.52. The maximum absolute atomic E-state index is 11.4. The molecule has 0 atom stereocenters. The third kappa shape index (κ3) is 3.45. The first-order valence-corrected chi connectivity index (χ1v) is 4.73. The van der Waals surface area contributed by atoms with E-state index >= 15 is 0 Å². The lowest BCUT2D eigenvalue weighted by Crippen LogP contribution is -2.01. The van der Waals surface area contributed by atoms with E-state index in [1.165, 1.54) is 5.56 Å². The Kier molecular flexibility index (Phi) is 3.94. The summed E-state index contributed by atoms with van der Waals surface area (Å²) in [4.78, 5) is 11.4. The molecule has 1 rings (SSSR count). The van der Waals surface area contributed by atoms with Crippen LogP contribution in [-0.2, 0) is 11.2 Å². The van der Waals surface area contributed by atoms with Crippen molar-refractivity contribution in [2.75, 3.05) is 0 Å². The molecule has 0 amide bonds. The number of Topliss-reactive ketones (excluding diaryl/α,β-unsaturated/α-hetero) is 1. The SMILES string of the molecule is C#CCCC(=O)Cc1cccc(C)c1. The van der Waals surface area contributed by atoms with Gasteiger partial charge in [0.25, 0.3) is 0 Å². The van der Waals surface area contributed by atoms with Gasteiger partial charge in [-0.3, -0.25) is 4.79 Å². The van der Waals surface area contributed by atoms with E-state index in [1.807, 2.05) is 31.2 Å². The van der Waals surface area contributed by atoms with Crippen LogP contribution in [0.2, 0.25) is 0 Å². The van der Waals surface area contributed by atoms with Gasteiger partial charge in [0.15, 0.2) is 0 Å². The molecule has 0 radical (unpaired) electrons. The maximum Gasteiger partial charge on any atom is 0.138 e. The number of benzene rings is 1. The van der Waals surface area contributed by atoms with Crippen LogP contribution < -0.4 is 0 Å². The highest BCUT2D eigenvalue weighted by Crippen LogP contribution is 2.06. The predicted molar refractivity (Wildman–Crippen MR) is 58.0 cm³/mol. The van der Waals surface area contributed by atoms with E-state index in [4.69, 9.17) is 6.42 Å². The standard InChI is InChI=1S/C13H14O/c1-3-4-8-13(14)10-12-7-5-6-11(2)9-12/h1,5-7,9H,4,8,10H2,2H3. The maximum atomic E-state index is 11.4. The van der Waals surface area contributed by atoms with Crippen LogP contribution in [0, 0.1) is 19.3 Å². The van der Waals surface area contributed by atoms with Crippen molar-refractivity contribution in [1.82, 2.24) is 0 Å². The Bertz CT molecular complexity index is 358. The lowest BCUT2D eigenvalue weighted by molar-refractivity contribution is -0.118. The molecule has 72 valence electrons. The van der Waals surface area contributed by atoms with Gasteiger partial charge in [0, 0.05) is 19.3 Å². The number of terminal acetylenes is 1. The molecule has 1 nitrogen and oxygen atoms in total. The summed E-state index contributed by atoms with van der Waals surface area (Å²) >= 11 is 0. The van der Waals surface area contributed by atoms with E-state index in [0.29, 0.717) is 19.3 Å². The second kappa shape index (κ2) is 5.24. The summed E-state index contributed by atoms with van der Waals surface area (Å²) in [6, 6.07) is 8.00. The molecule has 0 spiro atoms. The van der Waals surface area contributed by atoms with Gasteiger partial charge >= 0.3 is 0 Å². The molecular weight excluding hydrogens is 172 g/mol. The second-order valence-corrected chi connectivity index (χ2v) is 3.41. The minimum Gasteiger partial charge on any atom is -0.299 e. The molecular formula is C13H14O. The third-order valence-corrected chi connectivity index (χ3v) is 2.03. The van der Waals surface area contributed by atoms with Crippen LogP contribution in [0.1, 0.15) is 24.0 Å². The molecule has 0 N–H and O–H groups in total. The highest BCUT2D eigenvalue weighted by molar-refractivity contribution is 5.81. The van der Waals surface area contributed by atoms with E-state index in [9.17, 15) is 4.79 Å². The third-order valence-electron chi connectivity index (χ3n) is 2.03. The first-order chi connectivity index (χ1) is 6.72. The van der Waals surface area contributed by atoms with Crippen LogP contribution in [0.4, 0.5) is 0 Å². The van der Waals surface area contributed by atoms with Crippen molar-refractivity contribution in [2.45, 2.75) is 26.2 Å². The fraction of sp³-hybridized carbons (Fsp3) is 0.308. The van der Waals surface area contributed by atoms with Crippen molar-refractivity contribution >= 4 is 5.78 Å². The minimum atomic E-state index is 0.216. The monoisotopic (exact) mass is 186 g/mol. The Labute approximate surface area is 85.1 Å². The van der Waals surface area contributed by atoms with E-state index in [1.54, 1.807) is 0 Å². The van der Waals surface area contributed by atoms with Crippen LogP contribution in [0.5, 0.6) is 0 Å². The molecule has 0 aliphatic rings. The average Bonchev–Trinajstić information content (AvgIpc) is 2.15. The molecule has 0 bridgehead atoms. The molecule has 0 aliphatic carbocycles. The topological polar surface area (TPSA) is 17.1 Å². The van der Waals surface area contributed by atoms with Gasteiger partial charge in [0.1, 0.15) is 5.78 Å². The van der Waals surface area contributed by atoms with Gasteiger partial charge in [-0.1, -0.05) is 29.8 Å². The fourth-order valence-corrected chi connectivity index (χ4v) is 1.35. The lowest BCUT2D eigenvalue weighted by atomic mass is 10.0. The average molecular weight is 186 g/mol. The number of carbonyl (C=O) groups excluding carboxylic acids is 1. The fourth-order valence-electron chi connectivity index (χ4n) is 1.35. The van der Waals surface area contributed by atoms with Gasteiger partial charge in [-0.15, -0.1) is 12.3 Å². The number of aryl methyl sites for hydroxylation is 1. The van der Waals surface area contributed by atoms with Crippen molar-refractivity contribution in [3.8, 4) is 12.3 Å². The van der Waals surface area contributed by atoms with E-state index in [0.717, 1.165) is 5.56 Å². The summed E-state index contributed by atoms with van der Waals surface area (Å²) < 4.78 is 0. The summed E-state index contributed by atoms with van der Waals surface area (Å²) in [6.07, 6.45) is 6.63. The molecule has 0 aliphatic heterocycles.